The van der Waals surface area contributed by atoms with Crippen LogP contribution in [0.3, 0.4) is 0 Å². The molecule has 1 amide bonds. The fourth-order valence-corrected chi connectivity index (χ4v) is 5.01. The van der Waals surface area contributed by atoms with Gasteiger partial charge in [0.1, 0.15) is 0 Å². The molecule has 0 aliphatic carbocycles. The lowest BCUT2D eigenvalue weighted by atomic mass is 9.89. The molecule has 2 aliphatic heterocycles. The van der Waals surface area contributed by atoms with Gasteiger partial charge in [-0.2, -0.15) is 22.0 Å². The van der Waals surface area contributed by atoms with Crippen molar-refractivity contribution < 1.29 is 40.7 Å². The Morgan fingerprint density at radius 2 is 1.69 bits per heavy atom. The van der Waals surface area contributed by atoms with Crippen LogP contribution >= 0.6 is 0 Å². The van der Waals surface area contributed by atoms with Gasteiger partial charge in [-0.05, 0) is 61.5 Å². The molecule has 6 nitrogen and oxygen atoms in total. The molecule has 0 radical (unpaired) electrons. The summed E-state index contributed by atoms with van der Waals surface area (Å²) in [5, 5.41) is 2.88. The highest BCUT2D eigenvalue weighted by Crippen LogP contribution is 2.37. The minimum Gasteiger partial charge on any atom is -0.490 e. The van der Waals surface area contributed by atoms with Crippen molar-refractivity contribution in [3.05, 3.63) is 53.8 Å². The number of nitrogens with two attached hydrogens (primary N) is 1. The third-order valence-corrected chi connectivity index (χ3v) is 7.30. The number of hydrogen-bond donors (Lipinski definition) is 2. The Hall–Kier alpha value is -3.12. The molecule has 0 bridgehead atoms. The van der Waals surface area contributed by atoms with E-state index in [0.717, 1.165) is 4.90 Å². The van der Waals surface area contributed by atoms with Gasteiger partial charge in [0, 0.05) is 12.5 Å². The van der Waals surface area contributed by atoms with Crippen LogP contribution in [0.4, 0.5) is 26.3 Å². The third kappa shape index (κ3) is 6.55. The number of amides is 1. The number of ketones is 1. The maximum Gasteiger partial charge on any atom is 0.454 e. The normalized spacial score (nSPS) is 21.2. The maximum absolute atomic E-state index is 15.8. The number of carbonyl (C=O) groups excluding carboxylic acids is 2. The highest BCUT2D eigenvalue weighted by molar-refractivity contribution is 6.05. The summed E-state index contributed by atoms with van der Waals surface area (Å²) < 4.78 is 85.8. The van der Waals surface area contributed by atoms with E-state index < -0.39 is 48.1 Å². The number of carbonyl (C=O) groups is 2. The molecular weight excluding hydrogens is 528 g/mol. The molecule has 212 valence electrons. The highest BCUT2D eigenvalue weighted by Gasteiger charge is 2.58. The van der Waals surface area contributed by atoms with Crippen molar-refractivity contribution in [3.8, 4) is 16.9 Å². The molecule has 0 aromatic heterocycles. The minimum atomic E-state index is -5.61. The molecule has 3 N–H and O–H groups in total. The van der Waals surface area contributed by atoms with Crippen LogP contribution in [0.5, 0.6) is 5.75 Å². The molecule has 1 unspecified atom stereocenters. The van der Waals surface area contributed by atoms with Crippen LogP contribution in [0.2, 0.25) is 0 Å². The number of halogens is 6. The number of hydrogen-bond acceptors (Lipinski definition) is 5. The zero-order valence-corrected chi connectivity index (χ0v) is 20.9. The number of alkyl halides is 5. The van der Waals surface area contributed by atoms with E-state index in [1.807, 2.05) is 0 Å². The molecule has 2 atom stereocenters. The Labute approximate surface area is 221 Å². The Morgan fingerprint density at radius 1 is 1.03 bits per heavy atom. The van der Waals surface area contributed by atoms with Crippen molar-refractivity contribution in [2.45, 2.75) is 37.4 Å². The van der Waals surface area contributed by atoms with Crippen LogP contribution in [-0.2, 0) is 4.79 Å². The van der Waals surface area contributed by atoms with Gasteiger partial charge in [0.25, 0.3) is 0 Å². The number of likely N-dealkylation sites (tertiary alicyclic amines) is 1. The van der Waals surface area contributed by atoms with Crippen LogP contribution in [0.15, 0.2) is 42.5 Å². The smallest absolute Gasteiger partial charge is 0.454 e. The lowest BCUT2D eigenvalue weighted by Gasteiger charge is -2.34. The van der Waals surface area contributed by atoms with Crippen LogP contribution in [-0.4, -0.2) is 67.5 Å². The third-order valence-electron chi connectivity index (χ3n) is 7.30. The number of rotatable bonds is 9. The van der Waals surface area contributed by atoms with Crippen molar-refractivity contribution in [2.75, 3.05) is 32.8 Å². The van der Waals surface area contributed by atoms with Gasteiger partial charge in [-0.3, -0.25) is 14.5 Å². The Balaban J connectivity index is 1.47. The quantitative estimate of drug-likeness (QED) is 0.352. The number of nitrogens with zero attached hydrogens (tertiary/aromatic N) is 1. The molecular formula is C27H29F6N3O3. The van der Waals surface area contributed by atoms with E-state index in [1.165, 1.54) is 6.07 Å². The lowest BCUT2D eigenvalue weighted by Crippen LogP contribution is -2.49. The SMILES string of the molecule is NC(=O)[C@@H]1CC(C(=O)c2c(-c3ccccc3)ccc(OCC3CCN(CC(F)(F)C(F)(F)F)CC3)c2F)CN1. The summed E-state index contributed by atoms with van der Waals surface area (Å²) in [6, 6.07) is 11.1. The summed E-state index contributed by atoms with van der Waals surface area (Å²) in [5.41, 5.74) is 6.16. The van der Waals surface area contributed by atoms with Gasteiger partial charge >= 0.3 is 12.1 Å². The second-order valence-electron chi connectivity index (χ2n) is 10.1. The van der Waals surface area contributed by atoms with Crippen molar-refractivity contribution in [1.82, 2.24) is 10.2 Å². The topological polar surface area (TPSA) is 84.7 Å². The van der Waals surface area contributed by atoms with Crippen LogP contribution in [0.25, 0.3) is 11.1 Å². The Kier molecular flexibility index (Phi) is 8.55. The first-order valence-electron chi connectivity index (χ1n) is 12.6. The first-order chi connectivity index (χ1) is 18.4. The Bertz CT molecular complexity index is 1180. The molecule has 12 heteroatoms. The number of Topliss-reactive ketones (excluding diaryl/α,β-unsaturated/α-hetero) is 1. The van der Waals surface area contributed by atoms with Crippen molar-refractivity contribution in [2.24, 2.45) is 17.6 Å². The largest absolute Gasteiger partial charge is 0.490 e. The van der Waals surface area contributed by atoms with E-state index in [0.29, 0.717) is 24.0 Å². The van der Waals surface area contributed by atoms with Gasteiger partial charge in [0.2, 0.25) is 5.91 Å². The molecule has 2 heterocycles. The second-order valence-corrected chi connectivity index (χ2v) is 10.1. The molecule has 2 aliphatic rings. The van der Waals surface area contributed by atoms with Crippen LogP contribution in [0, 0.1) is 17.7 Å². The zero-order valence-electron chi connectivity index (χ0n) is 20.9. The van der Waals surface area contributed by atoms with Crippen molar-refractivity contribution >= 4 is 11.7 Å². The zero-order chi connectivity index (χ0) is 28.4. The predicted octanol–water partition coefficient (Wildman–Crippen LogP) is 4.43. The first-order valence-corrected chi connectivity index (χ1v) is 12.6. The summed E-state index contributed by atoms with van der Waals surface area (Å²) in [5.74, 6) is -7.77. The fraction of sp³-hybridized carbons (Fsp3) is 0.481. The fourth-order valence-electron chi connectivity index (χ4n) is 5.01. The highest BCUT2D eigenvalue weighted by atomic mass is 19.4. The van der Waals surface area contributed by atoms with Crippen LogP contribution in [0.1, 0.15) is 29.6 Å². The Morgan fingerprint density at radius 3 is 2.28 bits per heavy atom. The van der Waals surface area contributed by atoms with E-state index >= 15 is 4.39 Å². The minimum absolute atomic E-state index is 0.00741. The molecule has 2 aromatic rings. The van der Waals surface area contributed by atoms with Gasteiger partial charge in [-0.15, -0.1) is 0 Å². The van der Waals surface area contributed by atoms with Gasteiger partial charge in [-0.1, -0.05) is 30.3 Å². The molecule has 2 fully saturated rings. The first kappa shape index (κ1) is 28.9. The van der Waals surface area contributed by atoms with Gasteiger partial charge < -0.3 is 15.8 Å². The summed E-state index contributed by atoms with van der Waals surface area (Å²) in [6.07, 6.45) is -4.88. The summed E-state index contributed by atoms with van der Waals surface area (Å²) >= 11 is 0. The van der Waals surface area contributed by atoms with Crippen molar-refractivity contribution in [3.63, 3.8) is 0 Å². The molecule has 0 saturated carbocycles. The monoisotopic (exact) mass is 557 g/mol. The molecule has 2 aromatic carbocycles. The van der Waals surface area contributed by atoms with Gasteiger partial charge in [0.15, 0.2) is 17.3 Å². The number of nitrogens with one attached hydrogen (secondary N) is 1. The van der Waals surface area contributed by atoms with E-state index in [9.17, 15) is 31.5 Å². The molecule has 39 heavy (non-hydrogen) atoms. The molecule has 4 rings (SSSR count). The lowest BCUT2D eigenvalue weighted by molar-refractivity contribution is -0.287. The van der Waals surface area contributed by atoms with E-state index in [-0.39, 0.29) is 49.9 Å². The standard InChI is InChI=1S/C27H29F6N3O3/c28-23-21(39-14-16-8-10-36(11-9-16)15-26(29,30)27(31,32)33)7-6-19(17-4-2-1-3-5-17)22(23)24(37)18-12-20(25(34)38)35-13-18/h1-7,16,18,20,35H,8-15H2,(H2,34,38)/t18?,20-/m0/s1. The van der Waals surface area contributed by atoms with Gasteiger partial charge in [0.05, 0.1) is 24.8 Å². The average molecular weight is 558 g/mol. The van der Waals surface area contributed by atoms with Crippen molar-refractivity contribution in [1.29, 1.82) is 0 Å². The number of benzene rings is 2. The van der Waals surface area contributed by atoms with E-state index in [4.69, 9.17) is 10.5 Å². The summed E-state index contributed by atoms with van der Waals surface area (Å²) in [7, 11) is 0. The average Bonchev–Trinajstić information content (AvgIpc) is 3.39. The maximum atomic E-state index is 15.8. The molecule has 0 spiro atoms. The predicted molar refractivity (Wildman–Crippen MR) is 131 cm³/mol. The van der Waals surface area contributed by atoms with E-state index in [2.05, 4.69) is 5.32 Å². The van der Waals surface area contributed by atoms with Crippen LogP contribution < -0.4 is 15.8 Å². The summed E-state index contributed by atoms with van der Waals surface area (Å²) in [6.45, 7) is -1.19. The number of piperidine rings is 1. The van der Waals surface area contributed by atoms with Gasteiger partial charge in [-0.25, -0.2) is 4.39 Å². The van der Waals surface area contributed by atoms with E-state index in [1.54, 1.807) is 36.4 Å². The number of primary amides is 1. The number of ether oxygens (including phenoxy) is 1. The summed E-state index contributed by atoms with van der Waals surface area (Å²) in [4.78, 5) is 26.1. The molecule has 2 saturated heterocycles. The second kappa shape index (κ2) is 11.5.